The summed E-state index contributed by atoms with van der Waals surface area (Å²) < 4.78 is 27.1. The molecule has 0 unspecified atom stereocenters. The number of nitrogen functional groups attached to an aromatic ring is 1. The quantitative estimate of drug-likeness (QED) is 0.756. The van der Waals surface area contributed by atoms with Gasteiger partial charge in [0.1, 0.15) is 0 Å². The summed E-state index contributed by atoms with van der Waals surface area (Å²) >= 11 is 0. The average Bonchev–Trinajstić information content (AvgIpc) is 2.78. The fourth-order valence-corrected chi connectivity index (χ4v) is 4.64. The summed E-state index contributed by atoms with van der Waals surface area (Å²) in [5, 5.41) is 0. The zero-order valence-corrected chi connectivity index (χ0v) is 13.6. The number of nitrogens with zero attached hydrogens (tertiary/aromatic N) is 3. The van der Waals surface area contributed by atoms with Crippen molar-refractivity contribution in [1.29, 1.82) is 0 Å². The molecule has 1 aromatic rings. The van der Waals surface area contributed by atoms with Crippen LogP contribution in [-0.2, 0) is 22.0 Å². The van der Waals surface area contributed by atoms with Gasteiger partial charge in [-0.3, -0.25) is 9.78 Å². The first-order valence-corrected chi connectivity index (χ1v) is 8.73. The first kappa shape index (κ1) is 15.4. The van der Waals surface area contributed by atoms with Gasteiger partial charge in [-0.15, -0.1) is 0 Å². The second kappa shape index (κ2) is 5.04. The van der Waals surface area contributed by atoms with Gasteiger partial charge in [0.2, 0.25) is 5.95 Å². The number of fused-ring (bicyclic) bond motifs is 2. The smallest absolute Gasteiger partial charge is 0.281 e. The average molecular weight is 327 g/mol. The monoisotopic (exact) mass is 327 g/mol. The van der Waals surface area contributed by atoms with Gasteiger partial charge in [-0.05, 0) is 25.7 Å². The van der Waals surface area contributed by atoms with Crippen molar-refractivity contribution < 1.29 is 8.42 Å². The van der Waals surface area contributed by atoms with E-state index < -0.39 is 10.2 Å². The van der Waals surface area contributed by atoms with E-state index in [0.29, 0.717) is 37.9 Å². The first-order valence-electron chi connectivity index (χ1n) is 7.33. The van der Waals surface area contributed by atoms with Crippen molar-refractivity contribution in [3.63, 3.8) is 0 Å². The molecule has 0 bridgehead atoms. The van der Waals surface area contributed by atoms with E-state index in [-0.39, 0.29) is 16.9 Å². The van der Waals surface area contributed by atoms with Crippen molar-refractivity contribution in [2.75, 3.05) is 32.9 Å². The lowest BCUT2D eigenvalue weighted by Crippen LogP contribution is -2.48. The summed E-state index contributed by atoms with van der Waals surface area (Å²) in [4.78, 5) is 18.9. The minimum absolute atomic E-state index is 0.133. The normalized spacial score (nSPS) is 21.4. The van der Waals surface area contributed by atoms with Gasteiger partial charge in [-0.1, -0.05) is 0 Å². The van der Waals surface area contributed by atoms with Crippen LogP contribution in [0.25, 0.3) is 0 Å². The molecule has 22 heavy (non-hydrogen) atoms. The molecule has 2 heterocycles. The van der Waals surface area contributed by atoms with E-state index in [1.807, 2.05) is 0 Å². The lowest BCUT2D eigenvalue weighted by Gasteiger charge is -2.39. The molecule has 1 saturated heterocycles. The number of aromatic amines is 1. The van der Waals surface area contributed by atoms with Gasteiger partial charge < -0.3 is 5.73 Å². The zero-order valence-electron chi connectivity index (χ0n) is 12.8. The summed E-state index contributed by atoms with van der Waals surface area (Å²) in [6.45, 7) is 0.878. The van der Waals surface area contributed by atoms with Crippen LogP contribution in [0.1, 0.15) is 30.5 Å². The van der Waals surface area contributed by atoms with Crippen molar-refractivity contribution in [3.8, 4) is 0 Å². The molecule has 1 aliphatic carbocycles. The molecule has 8 nitrogen and oxygen atoms in total. The minimum Gasteiger partial charge on any atom is -0.369 e. The largest absolute Gasteiger partial charge is 0.369 e. The third kappa shape index (κ3) is 2.24. The fraction of sp³-hybridized carbons (Fsp3) is 0.692. The molecule has 3 rings (SSSR count). The van der Waals surface area contributed by atoms with Crippen molar-refractivity contribution >= 4 is 16.2 Å². The highest BCUT2D eigenvalue weighted by atomic mass is 32.2. The summed E-state index contributed by atoms with van der Waals surface area (Å²) in [6.07, 6.45) is 2.85. The van der Waals surface area contributed by atoms with E-state index in [1.165, 1.54) is 22.7 Å². The zero-order chi connectivity index (χ0) is 16.1. The molecule has 1 aromatic heterocycles. The van der Waals surface area contributed by atoms with E-state index in [1.54, 1.807) is 0 Å². The van der Waals surface area contributed by atoms with Gasteiger partial charge >= 0.3 is 0 Å². The first-order chi connectivity index (χ1) is 10.3. The van der Waals surface area contributed by atoms with Crippen LogP contribution in [0.15, 0.2) is 4.79 Å². The van der Waals surface area contributed by atoms with E-state index in [9.17, 15) is 13.2 Å². The van der Waals surface area contributed by atoms with Gasteiger partial charge in [0, 0.05) is 38.2 Å². The molecule has 0 atom stereocenters. The summed E-state index contributed by atoms with van der Waals surface area (Å²) in [6, 6.07) is 0. The molecule has 3 N–H and O–H groups in total. The van der Waals surface area contributed by atoms with Gasteiger partial charge in [-0.2, -0.15) is 17.0 Å². The van der Waals surface area contributed by atoms with Gasteiger partial charge in [-0.25, -0.2) is 4.98 Å². The Bertz CT molecular complexity index is 747. The third-order valence-corrected chi connectivity index (χ3v) is 6.80. The highest BCUT2D eigenvalue weighted by Crippen LogP contribution is 2.44. The number of anilines is 1. The van der Waals surface area contributed by atoms with Gasteiger partial charge in [0.15, 0.2) is 0 Å². The number of aromatic nitrogens is 2. The maximum Gasteiger partial charge on any atom is 0.281 e. The van der Waals surface area contributed by atoms with Crippen molar-refractivity contribution in [2.24, 2.45) is 0 Å². The van der Waals surface area contributed by atoms with Crippen LogP contribution >= 0.6 is 0 Å². The molecule has 0 amide bonds. The molecule has 2 aliphatic rings. The number of rotatable bonds is 2. The van der Waals surface area contributed by atoms with Crippen LogP contribution in [0.3, 0.4) is 0 Å². The summed E-state index contributed by atoms with van der Waals surface area (Å²) in [5.74, 6) is 0.133. The summed E-state index contributed by atoms with van der Waals surface area (Å²) in [5.41, 5.74) is 6.78. The maximum atomic E-state index is 12.2. The lowest BCUT2D eigenvalue weighted by atomic mass is 9.77. The molecular weight excluding hydrogens is 306 g/mol. The molecule has 0 aromatic carbocycles. The van der Waals surface area contributed by atoms with Gasteiger partial charge in [0.05, 0.1) is 5.69 Å². The lowest BCUT2D eigenvalue weighted by molar-refractivity contribution is 0.221. The summed E-state index contributed by atoms with van der Waals surface area (Å²) in [7, 11) is -0.318. The Kier molecular flexibility index (Phi) is 3.54. The van der Waals surface area contributed by atoms with Crippen molar-refractivity contribution in [1.82, 2.24) is 18.6 Å². The van der Waals surface area contributed by atoms with Crippen LogP contribution in [0.2, 0.25) is 0 Å². The maximum absolute atomic E-state index is 12.2. The molecule has 9 heteroatoms. The molecule has 1 fully saturated rings. The second-order valence-electron chi connectivity index (χ2n) is 6.25. The van der Waals surface area contributed by atoms with Crippen LogP contribution < -0.4 is 11.3 Å². The predicted molar refractivity (Wildman–Crippen MR) is 82.7 cm³/mol. The highest BCUT2D eigenvalue weighted by molar-refractivity contribution is 7.86. The molecule has 0 radical (unpaired) electrons. The number of hydrogen-bond donors (Lipinski definition) is 2. The molecule has 122 valence electrons. The number of nitrogens with one attached hydrogen (secondary N) is 1. The number of H-pyrrole nitrogens is 1. The highest BCUT2D eigenvalue weighted by Gasteiger charge is 2.45. The number of nitrogens with two attached hydrogens (primary N) is 1. The van der Waals surface area contributed by atoms with Crippen molar-refractivity contribution in [2.45, 2.75) is 31.1 Å². The molecule has 0 saturated carbocycles. The predicted octanol–water partition coefficient (Wildman–Crippen LogP) is -0.562. The Morgan fingerprint density at radius 2 is 1.91 bits per heavy atom. The fourth-order valence-electron chi connectivity index (χ4n) is 3.53. The molecular formula is C13H21N5O3S. The Hall–Kier alpha value is -1.45. The Morgan fingerprint density at radius 3 is 2.50 bits per heavy atom. The number of hydrogen-bond acceptors (Lipinski definition) is 5. The van der Waals surface area contributed by atoms with E-state index >= 15 is 0 Å². The van der Waals surface area contributed by atoms with Crippen LogP contribution in [0.5, 0.6) is 0 Å². The standard InChI is InChI=1S/C13H21N5O3S/c1-17(2)22(20,21)18-7-5-13(6-8-18)4-3-9-10(13)15-12(14)16-11(9)19/h3-8H2,1-2H3,(H3,14,15,16,19). The molecule has 1 aliphatic heterocycles. The Labute approximate surface area is 129 Å². The Morgan fingerprint density at radius 1 is 1.27 bits per heavy atom. The second-order valence-corrected chi connectivity index (χ2v) is 8.39. The minimum atomic E-state index is -3.39. The van der Waals surface area contributed by atoms with E-state index in [0.717, 1.165) is 12.1 Å². The van der Waals surface area contributed by atoms with Gasteiger partial charge in [0.25, 0.3) is 15.8 Å². The topological polar surface area (TPSA) is 112 Å². The third-order valence-electron chi connectivity index (χ3n) is 4.86. The Balaban J connectivity index is 1.89. The number of piperidine rings is 1. The van der Waals surface area contributed by atoms with Crippen LogP contribution in [0.4, 0.5) is 5.95 Å². The van der Waals surface area contributed by atoms with E-state index in [2.05, 4.69) is 9.97 Å². The van der Waals surface area contributed by atoms with Crippen LogP contribution in [0, 0.1) is 0 Å². The van der Waals surface area contributed by atoms with Crippen LogP contribution in [-0.4, -0.2) is 54.2 Å². The molecule has 1 spiro atoms. The van der Waals surface area contributed by atoms with Crippen molar-refractivity contribution in [3.05, 3.63) is 21.6 Å². The van der Waals surface area contributed by atoms with E-state index in [4.69, 9.17) is 5.73 Å². The SMILES string of the molecule is CN(C)S(=O)(=O)N1CCC2(CCc3c2nc(N)[nH]c3=O)CC1.